The summed E-state index contributed by atoms with van der Waals surface area (Å²) in [6, 6.07) is 0.325. The van der Waals surface area contributed by atoms with Crippen LogP contribution in [0.5, 0.6) is 0 Å². The van der Waals surface area contributed by atoms with Gasteiger partial charge in [-0.3, -0.25) is 10.1 Å². The molecule has 7 nitrogen and oxygen atoms in total. The first-order valence-electron chi connectivity index (χ1n) is 6.61. The molecule has 1 saturated heterocycles. The zero-order chi connectivity index (χ0) is 14.2. The van der Waals surface area contributed by atoms with E-state index < -0.39 is 0 Å². The predicted octanol–water partition coefficient (Wildman–Crippen LogP) is 1.25. The molecule has 1 aliphatic rings. The van der Waals surface area contributed by atoms with E-state index in [0.29, 0.717) is 17.6 Å². The zero-order valence-corrected chi connectivity index (χ0v) is 11.9. The highest BCUT2D eigenvalue weighted by Crippen LogP contribution is 2.35. The van der Waals surface area contributed by atoms with E-state index in [0.717, 1.165) is 19.6 Å². The van der Waals surface area contributed by atoms with Gasteiger partial charge in [0.05, 0.1) is 4.92 Å². The largest absolute Gasteiger partial charge is 0.348 e. The number of piperazine rings is 1. The maximum atomic E-state index is 11.4. The van der Waals surface area contributed by atoms with E-state index in [2.05, 4.69) is 22.2 Å². The van der Waals surface area contributed by atoms with Crippen LogP contribution in [0.15, 0.2) is 0 Å². The molecular weight excluding hydrogens is 246 g/mol. The predicted molar refractivity (Wildman–Crippen MR) is 73.6 cm³/mol. The standard InChI is InChI=1S/C12H21N5O2/c1-8(2)10-11(17(18)19)12(15(4)14-10)16-6-5-13-9(3)7-16/h8-9,13H,5-7H2,1-4H3. The summed E-state index contributed by atoms with van der Waals surface area (Å²) in [7, 11) is 1.78. The van der Waals surface area contributed by atoms with E-state index in [1.165, 1.54) is 0 Å². The van der Waals surface area contributed by atoms with Crippen molar-refractivity contribution in [3.63, 3.8) is 0 Å². The highest BCUT2D eigenvalue weighted by atomic mass is 16.6. The number of nitro groups is 1. The van der Waals surface area contributed by atoms with E-state index in [1.807, 2.05) is 13.8 Å². The highest BCUT2D eigenvalue weighted by molar-refractivity contribution is 5.62. The van der Waals surface area contributed by atoms with E-state index in [1.54, 1.807) is 11.7 Å². The van der Waals surface area contributed by atoms with Gasteiger partial charge in [-0.1, -0.05) is 13.8 Å². The van der Waals surface area contributed by atoms with Crippen molar-refractivity contribution < 1.29 is 4.92 Å². The van der Waals surface area contributed by atoms with Gasteiger partial charge < -0.3 is 10.2 Å². The van der Waals surface area contributed by atoms with Gasteiger partial charge in [0.15, 0.2) is 0 Å². The fourth-order valence-electron chi connectivity index (χ4n) is 2.57. The Morgan fingerprint density at radius 2 is 2.21 bits per heavy atom. The molecule has 0 aliphatic carbocycles. The van der Waals surface area contributed by atoms with Crippen LogP contribution in [0.3, 0.4) is 0 Å². The zero-order valence-electron chi connectivity index (χ0n) is 11.9. The van der Waals surface area contributed by atoms with Crippen LogP contribution in [-0.4, -0.2) is 40.4 Å². The van der Waals surface area contributed by atoms with Gasteiger partial charge in [0.25, 0.3) is 0 Å². The Labute approximate surface area is 112 Å². The number of anilines is 1. The quantitative estimate of drug-likeness (QED) is 0.659. The molecule has 1 aromatic heterocycles. The maximum absolute atomic E-state index is 11.4. The minimum Gasteiger partial charge on any atom is -0.348 e. The minimum absolute atomic E-state index is 0.0423. The molecular formula is C12H21N5O2. The van der Waals surface area contributed by atoms with Gasteiger partial charge in [0.2, 0.25) is 5.82 Å². The second kappa shape index (κ2) is 5.16. The first-order valence-corrected chi connectivity index (χ1v) is 6.61. The Bertz CT molecular complexity index is 483. The van der Waals surface area contributed by atoms with Crippen molar-refractivity contribution in [1.29, 1.82) is 0 Å². The van der Waals surface area contributed by atoms with Crippen LogP contribution in [0, 0.1) is 10.1 Å². The second-order valence-corrected chi connectivity index (χ2v) is 5.39. The fraction of sp³-hybridized carbons (Fsp3) is 0.750. The van der Waals surface area contributed by atoms with Crippen molar-refractivity contribution in [3.05, 3.63) is 15.8 Å². The number of hydrogen-bond acceptors (Lipinski definition) is 5. The van der Waals surface area contributed by atoms with Gasteiger partial charge in [-0.2, -0.15) is 5.10 Å². The van der Waals surface area contributed by atoms with Crippen molar-refractivity contribution in [2.24, 2.45) is 7.05 Å². The molecule has 0 radical (unpaired) electrons. The molecule has 1 atom stereocenters. The molecule has 0 saturated carbocycles. The summed E-state index contributed by atoms with van der Waals surface area (Å²) in [5.41, 5.74) is 0.722. The van der Waals surface area contributed by atoms with Gasteiger partial charge in [0.1, 0.15) is 5.69 Å². The van der Waals surface area contributed by atoms with Crippen LogP contribution in [0.25, 0.3) is 0 Å². The Hall–Kier alpha value is -1.63. The van der Waals surface area contributed by atoms with Crippen molar-refractivity contribution >= 4 is 11.5 Å². The van der Waals surface area contributed by atoms with E-state index in [-0.39, 0.29) is 16.5 Å². The Kier molecular flexibility index (Phi) is 3.75. The van der Waals surface area contributed by atoms with Gasteiger partial charge in [-0.25, -0.2) is 4.68 Å². The molecule has 106 valence electrons. The molecule has 0 bridgehead atoms. The summed E-state index contributed by atoms with van der Waals surface area (Å²) in [5, 5.41) is 19.1. The van der Waals surface area contributed by atoms with Gasteiger partial charge in [-0.15, -0.1) is 0 Å². The van der Waals surface area contributed by atoms with Crippen LogP contribution in [0.2, 0.25) is 0 Å². The molecule has 1 aliphatic heterocycles. The van der Waals surface area contributed by atoms with Gasteiger partial charge in [-0.05, 0) is 6.92 Å². The number of nitrogens with one attached hydrogen (secondary N) is 1. The number of hydrogen-bond donors (Lipinski definition) is 1. The van der Waals surface area contributed by atoms with Crippen molar-refractivity contribution in [3.8, 4) is 0 Å². The highest BCUT2D eigenvalue weighted by Gasteiger charge is 2.33. The van der Waals surface area contributed by atoms with E-state index in [4.69, 9.17) is 0 Å². The lowest BCUT2D eigenvalue weighted by atomic mass is 10.1. The molecule has 0 amide bonds. The third kappa shape index (κ3) is 2.56. The van der Waals surface area contributed by atoms with Crippen molar-refractivity contribution in [1.82, 2.24) is 15.1 Å². The summed E-state index contributed by atoms with van der Waals surface area (Å²) in [4.78, 5) is 13.1. The Balaban J connectivity index is 2.46. The molecule has 0 spiro atoms. The Morgan fingerprint density at radius 3 is 2.74 bits per heavy atom. The normalized spacial score (nSPS) is 20.1. The van der Waals surface area contributed by atoms with Crippen LogP contribution < -0.4 is 10.2 Å². The first kappa shape index (κ1) is 13.8. The van der Waals surface area contributed by atoms with Gasteiger partial charge in [0, 0.05) is 38.6 Å². The molecule has 19 heavy (non-hydrogen) atoms. The molecule has 1 aromatic rings. The summed E-state index contributed by atoms with van der Waals surface area (Å²) in [5.74, 6) is 0.669. The van der Waals surface area contributed by atoms with Crippen LogP contribution in [0.1, 0.15) is 32.4 Å². The summed E-state index contributed by atoms with van der Waals surface area (Å²) in [6.07, 6.45) is 0. The second-order valence-electron chi connectivity index (χ2n) is 5.39. The molecule has 1 N–H and O–H groups in total. The average molecular weight is 267 g/mol. The minimum atomic E-state index is -0.301. The first-order chi connectivity index (χ1) is 8.91. The smallest absolute Gasteiger partial charge is 0.334 e. The van der Waals surface area contributed by atoms with E-state index in [9.17, 15) is 10.1 Å². The maximum Gasteiger partial charge on any atom is 0.334 e. The van der Waals surface area contributed by atoms with Crippen LogP contribution in [0.4, 0.5) is 11.5 Å². The monoisotopic (exact) mass is 267 g/mol. The number of nitrogens with zero attached hydrogens (tertiary/aromatic N) is 4. The molecule has 2 rings (SSSR count). The number of rotatable bonds is 3. The number of aromatic nitrogens is 2. The van der Waals surface area contributed by atoms with E-state index >= 15 is 0 Å². The third-order valence-electron chi connectivity index (χ3n) is 3.42. The topological polar surface area (TPSA) is 76.2 Å². The van der Waals surface area contributed by atoms with Crippen LogP contribution >= 0.6 is 0 Å². The molecule has 7 heteroatoms. The molecule has 1 fully saturated rings. The summed E-state index contributed by atoms with van der Waals surface area (Å²) in [6.45, 7) is 8.30. The summed E-state index contributed by atoms with van der Waals surface area (Å²) >= 11 is 0. The SMILES string of the molecule is CC1CN(c2c([N+](=O)[O-])c(C(C)C)nn2C)CCN1. The van der Waals surface area contributed by atoms with Crippen molar-refractivity contribution in [2.45, 2.75) is 32.7 Å². The van der Waals surface area contributed by atoms with Gasteiger partial charge >= 0.3 is 5.69 Å². The lowest BCUT2D eigenvalue weighted by Crippen LogP contribution is -2.50. The molecule has 0 aromatic carbocycles. The average Bonchev–Trinajstić information content (AvgIpc) is 2.67. The summed E-state index contributed by atoms with van der Waals surface area (Å²) < 4.78 is 1.64. The fourth-order valence-corrected chi connectivity index (χ4v) is 2.57. The number of aryl methyl sites for hydroxylation is 1. The van der Waals surface area contributed by atoms with Crippen LogP contribution in [-0.2, 0) is 7.05 Å². The molecule has 1 unspecified atom stereocenters. The van der Waals surface area contributed by atoms with Crippen molar-refractivity contribution in [2.75, 3.05) is 24.5 Å². The third-order valence-corrected chi connectivity index (χ3v) is 3.42. The molecule has 2 heterocycles. The lowest BCUT2D eigenvalue weighted by Gasteiger charge is -2.32. The lowest BCUT2D eigenvalue weighted by molar-refractivity contribution is -0.385. The Morgan fingerprint density at radius 1 is 1.53 bits per heavy atom.